The average molecular weight is 355 g/mol. The summed E-state index contributed by atoms with van der Waals surface area (Å²) in [6, 6.07) is 12.2. The van der Waals surface area contributed by atoms with E-state index in [0.29, 0.717) is 16.1 Å². The van der Waals surface area contributed by atoms with E-state index in [1.54, 1.807) is 31.2 Å². The molecule has 0 aliphatic carbocycles. The monoisotopic (exact) mass is 355 g/mol. The van der Waals surface area contributed by atoms with Crippen LogP contribution >= 0.6 is 11.3 Å². The number of hydrogen-bond acceptors (Lipinski definition) is 4. The number of primary amides is 1. The number of aryl methyl sites for hydroxylation is 1. The Hall–Kier alpha value is -3.06. The van der Waals surface area contributed by atoms with Crippen LogP contribution in [0.3, 0.4) is 0 Å². The molecular formula is C18H14FN3O2S. The molecule has 0 fully saturated rings. The maximum absolute atomic E-state index is 13.1. The van der Waals surface area contributed by atoms with Crippen LogP contribution < -0.4 is 11.1 Å². The number of nitrogens with one attached hydrogen (secondary N) is 1. The van der Waals surface area contributed by atoms with Gasteiger partial charge in [-0.15, -0.1) is 11.3 Å². The average Bonchev–Trinajstić information content (AvgIpc) is 2.98. The summed E-state index contributed by atoms with van der Waals surface area (Å²) in [5, 5.41) is 3.47. The third-order valence-electron chi connectivity index (χ3n) is 3.48. The maximum Gasteiger partial charge on any atom is 0.275 e. The molecule has 2 aromatic carbocycles. The predicted molar refractivity (Wildman–Crippen MR) is 95.2 cm³/mol. The standard InChI is InChI=1S/C18H14FN3O2S/c1-10-21-15(16(25-10)11-2-6-13(19)7-3-11)18(24)22-14-8-4-12(5-9-14)17(20)23/h2-9H,1H3,(H2,20,23)(H,22,24). The highest BCUT2D eigenvalue weighted by molar-refractivity contribution is 7.15. The van der Waals surface area contributed by atoms with Crippen LogP contribution in [0.25, 0.3) is 10.4 Å². The molecule has 0 radical (unpaired) electrons. The molecule has 7 heteroatoms. The second-order valence-electron chi connectivity index (χ2n) is 5.31. The fraction of sp³-hybridized carbons (Fsp3) is 0.0556. The molecule has 0 unspecified atom stereocenters. The molecule has 2 amide bonds. The fourth-order valence-electron chi connectivity index (χ4n) is 2.29. The van der Waals surface area contributed by atoms with Crippen LogP contribution in [0.15, 0.2) is 48.5 Å². The van der Waals surface area contributed by atoms with E-state index in [-0.39, 0.29) is 17.4 Å². The Kier molecular flexibility index (Phi) is 4.58. The van der Waals surface area contributed by atoms with Gasteiger partial charge < -0.3 is 11.1 Å². The first-order valence-electron chi connectivity index (χ1n) is 7.38. The van der Waals surface area contributed by atoms with Crippen LogP contribution in [-0.4, -0.2) is 16.8 Å². The van der Waals surface area contributed by atoms with E-state index >= 15 is 0 Å². The zero-order valence-corrected chi connectivity index (χ0v) is 14.1. The topological polar surface area (TPSA) is 85.1 Å². The first-order valence-corrected chi connectivity index (χ1v) is 8.20. The first-order chi connectivity index (χ1) is 11.9. The van der Waals surface area contributed by atoms with Crippen molar-refractivity contribution in [3.63, 3.8) is 0 Å². The Bertz CT molecular complexity index is 934. The van der Waals surface area contributed by atoms with Gasteiger partial charge in [0, 0.05) is 11.3 Å². The van der Waals surface area contributed by atoms with Crippen LogP contribution in [0, 0.1) is 12.7 Å². The number of nitrogens with zero attached hydrogens (tertiary/aromatic N) is 1. The zero-order valence-electron chi connectivity index (χ0n) is 13.2. The van der Waals surface area contributed by atoms with Gasteiger partial charge in [-0.3, -0.25) is 9.59 Å². The minimum absolute atomic E-state index is 0.271. The van der Waals surface area contributed by atoms with Crippen molar-refractivity contribution in [2.24, 2.45) is 5.73 Å². The molecule has 3 N–H and O–H groups in total. The molecule has 1 heterocycles. The second kappa shape index (κ2) is 6.82. The van der Waals surface area contributed by atoms with Gasteiger partial charge in [-0.05, 0) is 48.9 Å². The Morgan fingerprint density at radius 2 is 1.72 bits per heavy atom. The lowest BCUT2D eigenvalue weighted by molar-refractivity contribution is 0.0998. The van der Waals surface area contributed by atoms with Crippen molar-refractivity contribution in [3.05, 3.63) is 70.6 Å². The smallest absolute Gasteiger partial charge is 0.275 e. The summed E-state index contributed by atoms with van der Waals surface area (Å²) in [5.41, 5.74) is 7.06. The quantitative estimate of drug-likeness (QED) is 0.750. The highest BCUT2D eigenvalue weighted by Crippen LogP contribution is 2.30. The normalized spacial score (nSPS) is 10.5. The third kappa shape index (κ3) is 3.72. The van der Waals surface area contributed by atoms with E-state index in [0.717, 1.165) is 10.6 Å². The van der Waals surface area contributed by atoms with Crippen molar-refractivity contribution in [1.82, 2.24) is 4.98 Å². The zero-order chi connectivity index (χ0) is 18.0. The predicted octanol–water partition coefficient (Wildman–Crippen LogP) is 3.61. The Morgan fingerprint density at radius 1 is 1.08 bits per heavy atom. The van der Waals surface area contributed by atoms with Gasteiger partial charge in [-0.1, -0.05) is 12.1 Å². The van der Waals surface area contributed by atoms with E-state index in [1.807, 2.05) is 0 Å². The molecule has 5 nitrogen and oxygen atoms in total. The number of benzene rings is 2. The van der Waals surface area contributed by atoms with Gasteiger partial charge >= 0.3 is 0 Å². The molecule has 0 bridgehead atoms. The molecular weight excluding hydrogens is 341 g/mol. The number of nitrogens with two attached hydrogens (primary N) is 1. The largest absolute Gasteiger partial charge is 0.366 e. The summed E-state index contributed by atoms with van der Waals surface area (Å²) >= 11 is 1.36. The number of halogens is 1. The lowest BCUT2D eigenvalue weighted by Crippen LogP contribution is -2.14. The summed E-state index contributed by atoms with van der Waals surface area (Å²) in [6.45, 7) is 1.80. The number of carbonyl (C=O) groups excluding carboxylic acids is 2. The Balaban J connectivity index is 1.87. The number of hydrogen-bond donors (Lipinski definition) is 2. The van der Waals surface area contributed by atoms with Crippen molar-refractivity contribution >= 4 is 28.8 Å². The Labute approximate surface area is 147 Å². The summed E-state index contributed by atoms with van der Waals surface area (Å²) in [6.07, 6.45) is 0. The number of amides is 2. The first kappa shape index (κ1) is 16.8. The molecule has 126 valence electrons. The minimum atomic E-state index is -0.536. The fourth-order valence-corrected chi connectivity index (χ4v) is 3.21. The van der Waals surface area contributed by atoms with Gasteiger partial charge in [-0.2, -0.15) is 0 Å². The van der Waals surface area contributed by atoms with Crippen LogP contribution in [-0.2, 0) is 0 Å². The lowest BCUT2D eigenvalue weighted by Gasteiger charge is -2.06. The van der Waals surface area contributed by atoms with Gasteiger partial charge in [0.25, 0.3) is 5.91 Å². The molecule has 0 atom stereocenters. The molecule has 3 rings (SSSR count). The highest BCUT2D eigenvalue weighted by Gasteiger charge is 2.18. The van der Waals surface area contributed by atoms with E-state index in [9.17, 15) is 14.0 Å². The van der Waals surface area contributed by atoms with Crippen LogP contribution in [0.1, 0.15) is 25.9 Å². The number of anilines is 1. The molecule has 0 aliphatic heterocycles. The molecule has 0 aliphatic rings. The number of aromatic nitrogens is 1. The molecule has 0 saturated carbocycles. The van der Waals surface area contributed by atoms with Gasteiger partial charge in [0.2, 0.25) is 5.91 Å². The van der Waals surface area contributed by atoms with Crippen molar-refractivity contribution in [1.29, 1.82) is 0 Å². The lowest BCUT2D eigenvalue weighted by atomic mass is 10.1. The minimum Gasteiger partial charge on any atom is -0.366 e. The maximum atomic E-state index is 13.1. The Morgan fingerprint density at radius 3 is 2.32 bits per heavy atom. The second-order valence-corrected chi connectivity index (χ2v) is 6.52. The van der Waals surface area contributed by atoms with Crippen molar-refractivity contribution in [3.8, 4) is 10.4 Å². The SMILES string of the molecule is Cc1nc(C(=O)Nc2ccc(C(N)=O)cc2)c(-c2ccc(F)cc2)s1. The van der Waals surface area contributed by atoms with Crippen molar-refractivity contribution < 1.29 is 14.0 Å². The van der Waals surface area contributed by atoms with E-state index < -0.39 is 5.91 Å². The molecule has 0 saturated heterocycles. The summed E-state index contributed by atoms with van der Waals surface area (Å²) < 4.78 is 13.1. The van der Waals surface area contributed by atoms with E-state index in [1.165, 1.54) is 35.6 Å². The number of carbonyl (C=O) groups is 2. The van der Waals surface area contributed by atoms with Gasteiger partial charge in [-0.25, -0.2) is 9.37 Å². The molecule has 0 spiro atoms. The molecule has 1 aromatic heterocycles. The van der Waals surface area contributed by atoms with Gasteiger partial charge in [0.05, 0.1) is 9.88 Å². The van der Waals surface area contributed by atoms with E-state index in [2.05, 4.69) is 10.3 Å². The van der Waals surface area contributed by atoms with Crippen LogP contribution in [0.4, 0.5) is 10.1 Å². The highest BCUT2D eigenvalue weighted by atomic mass is 32.1. The van der Waals surface area contributed by atoms with E-state index in [4.69, 9.17) is 5.73 Å². The third-order valence-corrected chi connectivity index (χ3v) is 4.50. The van der Waals surface area contributed by atoms with Crippen molar-refractivity contribution in [2.45, 2.75) is 6.92 Å². The molecule has 3 aromatic rings. The van der Waals surface area contributed by atoms with Gasteiger partial charge in [0.1, 0.15) is 11.5 Å². The van der Waals surface area contributed by atoms with Crippen molar-refractivity contribution in [2.75, 3.05) is 5.32 Å². The summed E-state index contributed by atoms with van der Waals surface area (Å²) in [5.74, 6) is -1.26. The number of rotatable bonds is 4. The summed E-state index contributed by atoms with van der Waals surface area (Å²) in [7, 11) is 0. The number of thiazole rings is 1. The van der Waals surface area contributed by atoms with Crippen LogP contribution in [0.2, 0.25) is 0 Å². The van der Waals surface area contributed by atoms with Gasteiger partial charge in [0.15, 0.2) is 0 Å². The summed E-state index contributed by atoms with van der Waals surface area (Å²) in [4.78, 5) is 28.6. The van der Waals surface area contributed by atoms with Crippen LogP contribution in [0.5, 0.6) is 0 Å². The molecule has 25 heavy (non-hydrogen) atoms.